The molecule has 1 amide bonds. The molecule has 5 heteroatoms. The van der Waals surface area contributed by atoms with E-state index in [1.807, 2.05) is 18.2 Å². The second-order valence-electron chi connectivity index (χ2n) is 5.98. The molecular formula is C18H20N2O2S. The van der Waals surface area contributed by atoms with E-state index in [9.17, 15) is 4.79 Å². The number of para-hydroxylation sites is 2. The van der Waals surface area contributed by atoms with Crippen LogP contribution in [-0.2, 0) is 17.6 Å². The Morgan fingerprint density at radius 3 is 2.83 bits per heavy atom. The van der Waals surface area contributed by atoms with E-state index in [0.29, 0.717) is 0 Å². The van der Waals surface area contributed by atoms with E-state index < -0.39 is 0 Å². The molecule has 4 rings (SSSR count). The molecule has 0 atom stereocenters. The average molecular weight is 328 g/mol. The lowest BCUT2D eigenvalue weighted by Crippen LogP contribution is -2.36. The number of benzene rings is 1. The molecule has 4 nitrogen and oxygen atoms in total. The molecule has 1 N–H and O–H groups in total. The first-order valence-corrected chi connectivity index (χ1v) is 8.97. The molecule has 0 unspecified atom stereocenters. The third-order valence-corrected chi connectivity index (χ3v) is 5.71. The molecular weight excluding hydrogens is 308 g/mol. The van der Waals surface area contributed by atoms with Crippen molar-refractivity contribution in [1.29, 1.82) is 0 Å². The van der Waals surface area contributed by atoms with Gasteiger partial charge >= 0.3 is 0 Å². The molecule has 1 aromatic carbocycles. The van der Waals surface area contributed by atoms with Gasteiger partial charge in [-0.3, -0.25) is 4.79 Å². The molecule has 1 aliphatic heterocycles. The van der Waals surface area contributed by atoms with Crippen molar-refractivity contribution < 1.29 is 9.53 Å². The Morgan fingerprint density at radius 1 is 1.17 bits per heavy atom. The minimum Gasteiger partial charge on any atom is -0.378 e. The molecule has 0 radical (unpaired) electrons. The number of carbonyl (C=O) groups excluding carboxylic acids is 1. The SMILES string of the molecule is O=C(Nc1ccccc1N1CCOCC1)c1cc2c(s1)CCC2. The van der Waals surface area contributed by atoms with Crippen LogP contribution in [0.5, 0.6) is 0 Å². The van der Waals surface area contributed by atoms with E-state index in [2.05, 4.69) is 22.3 Å². The molecule has 1 aliphatic carbocycles. The van der Waals surface area contributed by atoms with Crippen molar-refractivity contribution >= 4 is 28.6 Å². The van der Waals surface area contributed by atoms with Crippen molar-refractivity contribution in [3.63, 3.8) is 0 Å². The molecule has 0 spiro atoms. The predicted molar refractivity (Wildman–Crippen MR) is 93.8 cm³/mol. The lowest BCUT2D eigenvalue weighted by atomic mass is 10.2. The Morgan fingerprint density at radius 2 is 2.00 bits per heavy atom. The summed E-state index contributed by atoms with van der Waals surface area (Å²) in [5, 5.41) is 3.10. The van der Waals surface area contributed by atoms with Crippen molar-refractivity contribution in [1.82, 2.24) is 0 Å². The van der Waals surface area contributed by atoms with Crippen LogP contribution in [-0.4, -0.2) is 32.2 Å². The minimum absolute atomic E-state index is 0.00473. The number of thiophene rings is 1. The van der Waals surface area contributed by atoms with Crippen LogP contribution in [0.15, 0.2) is 30.3 Å². The second-order valence-corrected chi connectivity index (χ2v) is 7.12. The molecule has 1 fully saturated rings. The van der Waals surface area contributed by atoms with Crippen LogP contribution in [0, 0.1) is 0 Å². The Balaban J connectivity index is 1.54. The number of fused-ring (bicyclic) bond motifs is 1. The van der Waals surface area contributed by atoms with Gasteiger partial charge in [0, 0.05) is 18.0 Å². The van der Waals surface area contributed by atoms with Crippen LogP contribution >= 0.6 is 11.3 Å². The number of ether oxygens (including phenoxy) is 1. The summed E-state index contributed by atoms with van der Waals surface area (Å²) in [5.41, 5.74) is 3.32. The zero-order valence-corrected chi connectivity index (χ0v) is 13.8. The Hall–Kier alpha value is -1.85. The van der Waals surface area contributed by atoms with Gasteiger partial charge in [0.05, 0.1) is 29.5 Å². The number of carbonyl (C=O) groups is 1. The number of anilines is 2. The van der Waals surface area contributed by atoms with E-state index in [-0.39, 0.29) is 5.91 Å². The van der Waals surface area contributed by atoms with Crippen molar-refractivity contribution in [3.8, 4) is 0 Å². The number of rotatable bonds is 3. The highest BCUT2D eigenvalue weighted by Crippen LogP contribution is 2.32. The highest BCUT2D eigenvalue weighted by Gasteiger charge is 2.20. The maximum absolute atomic E-state index is 12.6. The minimum atomic E-state index is 0.00473. The van der Waals surface area contributed by atoms with Crippen LogP contribution in [0.2, 0.25) is 0 Å². The van der Waals surface area contributed by atoms with E-state index in [0.717, 1.165) is 55.4 Å². The van der Waals surface area contributed by atoms with Crippen LogP contribution in [0.3, 0.4) is 0 Å². The van der Waals surface area contributed by atoms with Crippen LogP contribution < -0.4 is 10.2 Å². The van der Waals surface area contributed by atoms with Crippen LogP contribution in [0.4, 0.5) is 11.4 Å². The molecule has 2 heterocycles. The Labute approximate surface area is 140 Å². The number of hydrogen-bond acceptors (Lipinski definition) is 4. The first kappa shape index (κ1) is 14.7. The van der Waals surface area contributed by atoms with E-state index in [1.54, 1.807) is 11.3 Å². The molecule has 120 valence electrons. The van der Waals surface area contributed by atoms with Gasteiger partial charge in [-0.15, -0.1) is 11.3 Å². The van der Waals surface area contributed by atoms with Gasteiger partial charge < -0.3 is 15.0 Å². The number of hydrogen-bond donors (Lipinski definition) is 1. The lowest BCUT2D eigenvalue weighted by molar-refractivity contribution is 0.103. The second kappa shape index (κ2) is 6.34. The van der Waals surface area contributed by atoms with E-state index in [1.165, 1.54) is 16.9 Å². The molecule has 2 aliphatic rings. The topological polar surface area (TPSA) is 41.6 Å². The third kappa shape index (κ3) is 2.99. The van der Waals surface area contributed by atoms with Crippen molar-refractivity contribution in [2.45, 2.75) is 19.3 Å². The van der Waals surface area contributed by atoms with Gasteiger partial charge in [0.15, 0.2) is 0 Å². The number of nitrogens with one attached hydrogen (secondary N) is 1. The first-order chi connectivity index (χ1) is 11.3. The summed E-state index contributed by atoms with van der Waals surface area (Å²) in [6.07, 6.45) is 3.46. The largest absolute Gasteiger partial charge is 0.378 e. The zero-order chi connectivity index (χ0) is 15.6. The zero-order valence-electron chi connectivity index (χ0n) is 13.0. The van der Waals surface area contributed by atoms with Gasteiger partial charge in [0.2, 0.25) is 0 Å². The summed E-state index contributed by atoms with van der Waals surface area (Å²) < 4.78 is 5.42. The lowest BCUT2D eigenvalue weighted by Gasteiger charge is -2.30. The highest BCUT2D eigenvalue weighted by atomic mass is 32.1. The van der Waals surface area contributed by atoms with Crippen molar-refractivity contribution in [2.24, 2.45) is 0 Å². The summed E-state index contributed by atoms with van der Waals surface area (Å²) in [4.78, 5) is 17.1. The van der Waals surface area contributed by atoms with E-state index in [4.69, 9.17) is 4.74 Å². The molecule has 0 bridgehead atoms. The maximum Gasteiger partial charge on any atom is 0.265 e. The van der Waals surface area contributed by atoms with Gasteiger partial charge in [0.1, 0.15) is 0 Å². The fourth-order valence-electron chi connectivity index (χ4n) is 3.28. The molecule has 1 saturated heterocycles. The molecule has 2 aromatic rings. The van der Waals surface area contributed by atoms with E-state index >= 15 is 0 Å². The van der Waals surface area contributed by atoms with Gasteiger partial charge in [-0.2, -0.15) is 0 Å². The number of aryl methyl sites for hydroxylation is 2. The van der Waals surface area contributed by atoms with Crippen molar-refractivity contribution in [2.75, 3.05) is 36.5 Å². The highest BCUT2D eigenvalue weighted by molar-refractivity contribution is 7.14. The summed E-state index contributed by atoms with van der Waals surface area (Å²) in [6, 6.07) is 10.1. The molecule has 1 aromatic heterocycles. The van der Waals surface area contributed by atoms with Crippen LogP contribution in [0.1, 0.15) is 26.5 Å². The molecule has 0 saturated carbocycles. The quantitative estimate of drug-likeness (QED) is 0.940. The summed E-state index contributed by atoms with van der Waals surface area (Å²) >= 11 is 1.65. The fraction of sp³-hybridized carbons (Fsp3) is 0.389. The van der Waals surface area contributed by atoms with Gasteiger partial charge in [-0.05, 0) is 43.0 Å². The third-order valence-electron chi connectivity index (χ3n) is 4.47. The average Bonchev–Trinajstić information content (AvgIpc) is 3.18. The van der Waals surface area contributed by atoms with Gasteiger partial charge in [-0.25, -0.2) is 0 Å². The van der Waals surface area contributed by atoms with Gasteiger partial charge in [0.25, 0.3) is 5.91 Å². The maximum atomic E-state index is 12.6. The fourth-order valence-corrected chi connectivity index (χ4v) is 4.43. The first-order valence-electron chi connectivity index (χ1n) is 8.16. The standard InChI is InChI=1S/C18H20N2O2S/c21-18(17-12-13-4-3-7-16(13)23-17)19-14-5-1-2-6-15(14)20-8-10-22-11-9-20/h1-2,5-6,12H,3-4,7-11H2,(H,19,21). The molecule has 23 heavy (non-hydrogen) atoms. The summed E-state index contributed by atoms with van der Waals surface area (Å²) in [5.74, 6) is 0.00473. The summed E-state index contributed by atoms with van der Waals surface area (Å²) in [6.45, 7) is 3.19. The Kier molecular flexibility index (Phi) is 4.06. The number of nitrogens with zero attached hydrogens (tertiary/aromatic N) is 1. The number of morpholine rings is 1. The Bertz CT molecular complexity index is 698. The monoisotopic (exact) mass is 328 g/mol. The predicted octanol–water partition coefficient (Wildman–Crippen LogP) is 3.33. The van der Waals surface area contributed by atoms with Gasteiger partial charge in [-0.1, -0.05) is 12.1 Å². The normalized spacial score (nSPS) is 17.1. The van der Waals surface area contributed by atoms with Crippen molar-refractivity contribution in [3.05, 3.63) is 45.6 Å². The van der Waals surface area contributed by atoms with Crippen LogP contribution in [0.25, 0.3) is 0 Å². The smallest absolute Gasteiger partial charge is 0.265 e. The number of amides is 1. The summed E-state index contributed by atoms with van der Waals surface area (Å²) in [7, 11) is 0.